The van der Waals surface area contributed by atoms with Gasteiger partial charge in [-0.3, -0.25) is 4.79 Å². The summed E-state index contributed by atoms with van der Waals surface area (Å²) < 4.78 is 5.55. The van der Waals surface area contributed by atoms with Gasteiger partial charge in [0.05, 0.1) is 5.02 Å². The Morgan fingerprint density at radius 3 is 2.55 bits per heavy atom. The monoisotopic (exact) mass is 342 g/mol. The number of rotatable bonds is 4. The number of carbonyl (C=O) groups is 1. The number of halogens is 2. The van der Waals surface area contributed by atoms with Crippen molar-refractivity contribution in [1.29, 1.82) is 0 Å². The summed E-state index contributed by atoms with van der Waals surface area (Å²) in [5, 5.41) is 5.12. The summed E-state index contributed by atoms with van der Waals surface area (Å²) in [5.74, 6) is 0.138. The van der Waals surface area contributed by atoms with Crippen molar-refractivity contribution in [2.24, 2.45) is 5.10 Å². The second kappa shape index (κ2) is 8.39. The zero-order valence-corrected chi connectivity index (χ0v) is 14.1. The van der Waals surface area contributed by atoms with Crippen molar-refractivity contribution >= 4 is 34.8 Å². The van der Waals surface area contributed by atoms with E-state index in [4.69, 9.17) is 27.9 Å². The van der Waals surface area contributed by atoms with Gasteiger partial charge in [0.1, 0.15) is 5.75 Å². The molecule has 0 aromatic heterocycles. The molecule has 22 heavy (non-hydrogen) atoms. The molecule has 1 fully saturated rings. The fourth-order valence-corrected chi connectivity index (χ4v) is 2.74. The van der Waals surface area contributed by atoms with Gasteiger partial charge in [0, 0.05) is 10.7 Å². The summed E-state index contributed by atoms with van der Waals surface area (Å²) in [6.07, 6.45) is 5.98. The minimum absolute atomic E-state index is 0.289. The van der Waals surface area contributed by atoms with E-state index >= 15 is 0 Å². The molecule has 0 heterocycles. The maximum Gasteiger partial charge on any atom is 0.280 e. The summed E-state index contributed by atoms with van der Waals surface area (Å²) in [5.41, 5.74) is 3.64. The lowest BCUT2D eigenvalue weighted by atomic mass is 10.2. The number of ether oxygens (including phenoxy) is 1. The Hall–Kier alpha value is -1.26. The minimum Gasteiger partial charge on any atom is -0.479 e. The lowest BCUT2D eigenvalue weighted by Crippen LogP contribution is -2.34. The SMILES string of the molecule is CC(Oc1ccc(Cl)cc1Cl)C(=O)NN=C1CCCCCC1. The average Bonchev–Trinajstić information content (AvgIpc) is 2.76. The largest absolute Gasteiger partial charge is 0.479 e. The van der Waals surface area contributed by atoms with Crippen LogP contribution in [0.1, 0.15) is 45.4 Å². The summed E-state index contributed by atoms with van der Waals surface area (Å²) in [4.78, 5) is 12.0. The Kier molecular flexibility index (Phi) is 6.52. The molecule has 0 radical (unpaired) electrons. The van der Waals surface area contributed by atoms with E-state index in [1.807, 2.05) is 0 Å². The summed E-state index contributed by atoms with van der Waals surface area (Å²) >= 11 is 11.9. The summed E-state index contributed by atoms with van der Waals surface area (Å²) in [6, 6.07) is 4.89. The predicted molar refractivity (Wildman–Crippen MR) is 89.8 cm³/mol. The van der Waals surface area contributed by atoms with Crippen LogP contribution < -0.4 is 10.2 Å². The third-order valence-corrected chi connectivity index (χ3v) is 4.10. The topological polar surface area (TPSA) is 50.7 Å². The van der Waals surface area contributed by atoms with Crippen molar-refractivity contribution in [3.8, 4) is 5.75 Å². The molecule has 0 saturated heterocycles. The Labute approximate surface area is 140 Å². The lowest BCUT2D eigenvalue weighted by molar-refractivity contribution is -0.127. The molecule has 1 aliphatic rings. The molecule has 1 N–H and O–H groups in total. The number of hydrogen-bond donors (Lipinski definition) is 1. The molecule has 1 aromatic rings. The molecule has 0 aliphatic heterocycles. The third kappa shape index (κ3) is 5.18. The van der Waals surface area contributed by atoms with Crippen LogP contribution in [0.2, 0.25) is 10.0 Å². The van der Waals surface area contributed by atoms with Gasteiger partial charge in [-0.25, -0.2) is 5.43 Å². The van der Waals surface area contributed by atoms with Crippen molar-refractivity contribution in [2.75, 3.05) is 0 Å². The number of nitrogens with zero attached hydrogens (tertiary/aromatic N) is 1. The van der Waals surface area contributed by atoms with Gasteiger partial charge in [-0.1, -0.05) is 36.0 Å². The molecule has 1 amide bonds. The van der Waals surface area contributed by atoms with Crippen LogP contribution >= 0.6 is 23.2 Å². The van der Waals surface area contributed by atoms with Gasteiger partial charge in [-0.05, 0) is 50.8 Å². The van der Waals surface area contributed by atoms with E-state index in [0.29, 0.717) is 15.8 Å². The van der Waals surface area contributed by atoms with Crippen molar-refractivity contribution < 1.29 is 9.53 Å². The van der Waals surface area contributed by atoms with Gasteiger partial charge >= 0.3 is 0 Å². The molecule has 1 saturated carbocycles. The second-order valence-corrected chi connectivity index (χ2v) is 6.25. The molecule has 2 rings (SSSR count). The number of benzene rings is 1. The Morgan fingerprint density at radius 1 is 1.23 bits per heavy atom. The third-order valence-electron chi connectivity index (χ3n) is 3.57. The molecule has 6 heteroatoms. The van der Waals surface area contributed by atoms with Gasteiger partial charge in [-0.15, -0.1) is 0 Å². The Balaban J connectivity index is 1.90. The van der Waals surface area contributed by atoms with Crippen LogP contribution in [0.4, 0.5) is 0 Å². The molecule has 0 spiro atoms. The highest BCUT2D eigenvalue weighted by Gasteiger charge is 2.16. The molecule has 4 nitrogen and oxygen atoms in total. The first-order valence-electron chi connectivity index (χ1n) is 7.53. The standard InChI is InChI=1S/C16H20Cl2N2O2/c1-11(22-15-9-8-12(17)10-14(15)18)16(21)20-19-13-6-4-2-3-5-7-13/h8-11H,2-7H2,1H3,(H,20,21). The number of hydrazone groups is 1. The molecule has 1 atom stereocenters. The van der Waals surface area contributed by atoms with E-state index < -0.39 is 6.10 Å². The molecule has 0 bridgehead atoms. The van der Waals surface area contributed by atoms with Crippen LogP contribution in [-0.2, 0) is 4.79 Å². The number of carbonyl (C=O) groups excluding carboxylic acids is 1. The normalized spacial score (nSPS) is 16.6. The number of nitrogens with one attached hydrogen (secondary N) is 1. The highest BCUT2D eigenvalue weighted by atomic mass is 35.5. The smallest absolute Gasteiger partial charge is 0.280 e. The van der Waals surface area contributed by atoms with E-state index in [9.17, 15) is 4.79 Å². The molecular formula is C16H20Cl2N2O2. The van der Waals surface area contributed by atoms with Gasteiger partial charge in [0.2, 0.25) is 0 Å². The number of hydrogen-bond acceptors (Lipinski definition) is 3. The molecule has 120 valence electrons. The Bertz CT molecular complexity index is 551. The molecule has 1 aliphatic carbocycles. The predicted octanol–water partition coefficient (Wildman–Crippen LogP) is 4.59. The van der Waals surface area contributed by atoms with Crippen molar-refractivity contribution in [3.05, 3.63) is 28.2 Å². The van der Waals surface area contributed by atoms with Crippen LogP contribution in [0, 0.1) is 0 Å². The highest BCUT2D eigenvalue weighted by Crippen LogP contribution is 2.28. The van der Waals surface area contributed by atoms with E-state index in [0.717, 1.165) is 31.4 Å². The quantitative estimate of drug-likeness (QED) is 0.642. The average molecular weight is 343 g/mol. The van der Waals surface area contributed by atoms with Gasteiger partial charge < -0.3 is 4.74 Å². The summed E-state index contributed by atoms with van der Waals surface area (Å²) in [7, 11) is 0. The van der Waals surface area contributed by atoms with Crippen molar-refractivity contribution in [2.45, 2.75) is 51.6 Å². The molecular weight excluding hydrogens is 323 g/mol. The minimum atomic E-state index is -0.686. The van der Waals surface area contributed by atoms with Crippen LogP contribution in [0.25, 0.3) is 0 Å². The van der Waals surface area contributed by atoms with Gasteiger partial charge in [0.15, 0.2) is 6.10 Å². The van der Waals surface area contributed by atoms with Gasteiger partial charge in [0.25, 0.3) is 5.91 Å². The van der Waals surface area contributed by atoms with Gasteiger partial charge in [-0.2, -0.15) is 5.10 Å². The van der Waals surface area contributed by atoms with Crippen molar-refractivity contribution in [1.82, 2.24) is 5.43 Å². The van der Waals surface area contributed by atoms with E-state index in [-0.39, 0.29) is 5.91 Å². The Morgan fingerprint density at radius 2 is 1.91 bits per heavy atom. The fraction of sp³-hybridized carbons (Fsp3) is 0.500. The fourth-order valence-electron chi connectivity index (χ4n) is 2.29. The van der Waals surface area contributed by atoms with Crippen LogP contribution in [0.3, 0.4) is 0 Å². The van der Waals surface area contributed by atoms with E-state index in [1.54, 1.807) is 25.1 Å². The highest BCUT2D eigenvalue weighted by molar-refractivity contribution is 6.35. The first-order chi connectivity index (χ1) is 10.6. The summed E-state index contributed by atoms with van der Waals surface area (Å²) in [6.45, 7) is 1.66. The zero-order valence-electron chi connectivity index (χ0n) is 12.6. The first-order valence-corrected chi connectivity index (χ1v) is 8.29. The molecule has 1 aromatic carbocycles. The molecule has 1 unspecified atom stereocenters. The maximum absolute atomic E-state index is 12.0. The zero-order chi connectivity index (χ0) is 15.9. The first kappa shape index (κ1) is 17.1. The second-order valence-electron chi connectivity index (χ2n) is 5.40. The lowest BCUT2D eigenvalue weighted by Gasteiger charge is -2.14. The van der Waals surface area contributed by atoms with Crippen LogP contribution in [0.5, 0.6) is 5.75 Å². The maximum atomic E-state index is 12.0. The van der Waals surface area contributed by atoms with Crippen molar-refractivity contribution in [3.63, 3.8) is 0 Å². The van der Waals surface area contributed by atoms with E-state index in [2.05, 4.69) is 10.5 Å². The van der Waals surface area contributed by atoms with Crippen LogP contribution in [-0.4, -0.2) is 17.7 Å². The number of amides is 1. The van der Waals surface area contributed by atoms with Crippen LogP contribution in [0.15, 0.2) is 23.3 Å². The van der Waals surface area contributed by atoms with E-state index in [1.165, 1.54) is 12.8 Å².